The summed E-state index contributed by atoms with van der Waals surface area (Å²) in [5.74, 6) is 1.15. The molecule has 0 saturated heterocycles. The molecule has 1 amide bonds. The van der Waals surface area contributed by atoms with E-state index in [1.165, 1.54) is 17.3 Å². The van der Waals surface area contributed by atoms with E-state index in [1.807, 2.05) is 35.0 Å². The Morgan fingerprint density at radius 3 is 2.55 bits per heavy atom. The van der Waals surface area contributed by atoms with Crippen molar-refractivity contribution in [1.29, 1.82) is 0 Å². The minimum atomic E-state index is -0.336. The van der Waals surface area contributed by atoms with E-state index in [0.717, 1.165) is 17.0 Å². The largest absolute Gasteiger partial charge is 0.355 e. The van der Waals surface area contributed by atoms with Gasteiger partial charge in [0.15, 0.2) is 5.82 Å². The van der Waals surface area contributed by atoms with Crippen LogP contribution in [0.15, 0.2) is 59.8 Å². The van der Waals surface area contributed by atoms with Gasteiger partial charge in [0.1, 0.15) is 5.25 Å². The number of carbonyl (C=O) groups is 1. The van der Waals surface area contributed by atoms with Crippen molar-refractivity contribution in [3.05, 3.63) is 65.7 Å². The van der Waals surface area contributed by atoms with Crippen LogP contribution in [0, 0.1) is 12.8 Å². The number of carbonyl (C=O) groups excluding carboxylic acids is 1. The quantitative estimate of drug-likeness (QED) is 0.673. The monoisotopic (exact) mass is 407 g/mol. The zero-order valence-corrected chi connectivity index (χ0v) is 17.6. The van der Waals surface area contributed by atoms with Crippen molar-refractivity contribution < 1.29 is 4.79 Å². The van der Waals surface area contributed by atoms with Gasteiger partial charge < -0.3 is 10.7 Å². The molecule has 0 fully saturated rings. The van der Waals surface area contributed by atoms with Crippen LogP contribution in [0.25, 0.3) is 11.4 Å². The highest BCUT2D eigenvalue weighted by molar-refractivity contribution is 8.00. The number of aromatic nitrogens is 3. The molecule has 2 aromatic carbocycles. The Morgan fingerprint density at radius 1 is 1.14 bits per heavy atom. The number of rotatable bonds is 5. The van der Waals surface area contributed by atoms with E-state index >= 15 is 0 Å². The number of amides is 1. The van der Waals surface area contributed by atoms with E-state index in [2.05, 4.69) is 66.0 Å². The lowest BCUT2D eigenvalue weighted by atomic mass is 10.0. The zero-order valence-electron chi connectivity index (χ0n) is 16.8. The van der Waals surface area contributed by atoms with Crippen LogP contribution in [0.4, 0.5) is 0 Å². The van der Waals surface area contributed by atoms with Gasteiger partial charge in [0.2, 0.25) is 11.1 Å². The third-order valence-electron chi connectivity index (χ3n) is 4.85. The SMILES string of the molecule is Cc1ccc([C@@H]2Nn3c(nnc3-c3ccccc3)S[C@@H]2C(=O)NCC(C)C)cc1. The molecule has 7 heteroatoms. The first-order valence-electron chi connectivity index (χ1n) is 9.81. The van der Waals surface area contributed by atoms with Crippen LogP contribution < -0.4 is 10.7 Å². The van der Waals surface area contributed by atoms with Gasteiger partial charge in [-0.3, -0.25) is 4.79 Å². The lowest BCUT2D eigenvalue weighted by molar-refractivity contribution is -0.121. The molecule has 3 aromatic rings. The fourth-order valence-corrected chi connectivity index (χ4v) is 4.36. The average molecular weight is 408 g/mol. The smallest absolute Gasteiger partial charge is 0.236 e. The van der Waals surface area contributed by atoms with Gasteiger partial charge in [0.05, 0.1) is 6.04 Å². The molecule has 1 aliphatic rings. The van der Waals surface area contributed by atoms with Crippen molar-refractivity contribution in [2.75, 3.05) is 12.0 Å². The van der Waals surface area contributed by atoms with Crippen LogP contribution in [0.3, 0.4) is 0 Å². The molecule has 0 aliphatic carbocycles. The first-order chi connectivity index (χ1) is 14.0. The molecule has 0 spiro atoms. The van der Waals surface area contributed by atoms with Gasteiger partial charge in [-0.25, -0.2) is 4.68 Å². The summed E-state index contributed by atoms with van der Waals surface area (Å²) in [6.45, 7) is 6.89. The van der Waals surface area contributed by atoms with Gasteiger partial charge in [-0.15, -0.1) is 10.2 Å². The fourth-order valence-electron chi connectivity index (χ4n) is 3.26. The molecule has 0 bridgehead atoms. The van der Waals surface area contributed by atoms with Crippen molar-refractivity contribution in [1.82, 2.24) is 20.2 Å². The highest BCUT2D eigenvalue weighted by Crippen LogP contribution is 2.38. The number of hydrogen-bond donors (Lipinski definition) is 2. The van der Waals surface area contributed by atoms with Crippen LogP contribution >= 0.6 is 11.8 Å². The van der Waals surface area contributed by atoms with E-state index < -0.39 is 0 Å². The molecular formula is C22H25N5OS. The number of hydrogen-bond acceptors (Lipinski definition) is 5. The molecule has 1 aromatic heterocycles. The summed E-state index contributed by atoms with van der Waals surface area (Å²) in [6, 6.07) is 18.1. The van der Waals surface area contributed by atoms with Gasteiger partial charge in [0, 0.05) is 12.1 Å². The number of benzene rings is 2. The minimum absolute atomic E-state index is 0.0114. The Hall–Kier alpha value is -2.80. The third-order valence-corrected chi connectivity index (χ3v) is 6.06. The molecule has 2 N–H and O–H groups in total. The number of nitrogens with zero attached hydrogens (tertiary/aromatic N) is 3. The Morgan fingerprint density at radius 2 is 1.86 bits per heavy atom. The summed E-state index contributed by atoms with van der Waals surface area (Å²) in [6.07, 6.45) is 0. The second-order valence-corrected chi connectivity index (χ2v) is 8.81. The number of thioether (sulfide) groups is 1. The molecule has 0 unspecified atom stereocenters. The summed E-state index contributed by atoms with van der Waals surface area (Å²) < 4.78 is 1.90. The predicted octanol–water partition coefficient (Wildman–Crippen LogP) is 3.78. The molecule has 2 heterocycles. The van der Waals surface area contributed by atoms with Gasteiger partial charge >= 0.3 is 0 Å². The highest BCUT2D eigenvalue weighted by atomic mass is 32.2. The van der Waals surface area contributed by atoms with Crippen LogP contribution in [0.2, 0.25) is 0 Å². The van der Waals surface area contributed by atoms with Crippen molar-refractivity contribution >= 4 is 17.7 Å². The Balaban J connectivity index is 1.70. The van der Waals surface area contributed by atoms with Crippen molar-refractivity contribution in [2.45, 2.75) is 37.2 Å². The topological polar surface area (TPSA) is 71.8 Å². The Bertz CT molecular complexity index is 984. The van der Waals surface area contributed by atoms with Gasteiger partial charge in [-0.1, -0.05) is 85.8 Å². The predicted molar refractivity (Wildman–Crippen MR) is 116 cm³/mol. The van der Waals surface area contributed by atoms with E-state index in [4.69, 9.17) is 0 Å². The second kappa shape index (κ2) is 8.29. The molecule has 0 radical (unpaired) electrons. The van der Waals surface area contributed by atoms with Crippen LogP contribution in [0.1, 0.15) is 31.0 Å². The van der Waals surface area contributed by atoms with Crippen LogP contribution in [-0.4, -0.2) is 32.6 Å². The average Bonchev–Trinajstić information content (AvgIpc) is 3.15. The first kappa shape index (κ1) is 19.5. The maximum Gasteiger partial charge on any atom is 0.236 e. The van der Waals surface area contributed by atoms with E-state index in [9.17, 15) is 4.79 Å². The second-order valence-electron chi connectivity index (χ2n) is 7.70. The normalized spacial score (nSPS) is 18.2. The van der Waals surface area contributed by atoms with Gasteiger partial charge in [-0.2, -0.15) is 0 Å². The molecule has 29 heavy (non-hydrogen) atoms. The zero-order chi connectivity index (χ0) is 20.4. The maximum atomic E-state index is 13.0. The number of aryl methyl sites for hydroxylation is 1. The van der Waals surface area contributed by atoms with Gasteiger partial charge in [-0.05, 0) is 18.4 Å². The summed E-state index contributed by atoms with van der Waals surface area (Å²) in [7, 11) is 0. The lowest BCUT2D eigenvalue weighted by Crippen LogP contribution is -2.44. The Kier molecular flexibility index (Phi) is 5.58. The molecule has 6 nitrogen and oxygen atoms in total. The molecule has 0 saturated carbocycles. The summed E-state index contributed by atoms with van der Waals surface area (Å²) in [5.41, 5.74) is 6.73. The number of nitrogens with one attached hydrogen (secondary N) is 2. The van der Waals surface area contributed by atoms with E-state index in [-0.39, 0.29) is 17.2 Å². The first-order valence-corrected chi connectivity index (χ1v) is 10.7. The van der Waals surface area contributed by atoms with Crippen molar-refractivity contribution in [2.24, 2.45) is 5.92 Å². The van der Waals surface area contributed by atoms with Crippen molar-refractivity contribution in [3.8, 4) is 11.4 Å². The fraction of sp³-hybridized carbons (Fsp3) is 0.318. The maximum absolute atomic E-state index is 13.0. The van der Waals surface area contributed by atoms with Crippen molar-refractivity contribution in [3.63, 3.8) is 0 Å². The summed E-state index contributed by atoms with van der Waals surface area (Å²) in [5, 5.41) is 12.1. The Labute approximate surface area is 175 Å². The van der Waals surface area contributed by atoms with Gasteiger partial charge in [0.25, 0.3) is 0 Å². The molecular weight excluding hydrogens is 382 g/mol. The minimum Gasteiger partial charge on any atom is -0.355 e. The van der Waals surface area contributed by atoms with Crippen LogP contribution in [-0.2, 0) is 4.79 Å². The summed E-state index contributed by atoms with van der Waals surface area (Å²) >= 11 is 1.45. The summed E-state index contributed by atoms with van der Waals surface area (Å²) in [4.78, 5) is 13.0. The van der Waals surface area contributed by atoms with E-state index in [0.29, 0.717) is 17.6 Å². The third kappa shape index (κ3) is 4.15. The van der Waals surface area contributed by atoms with Crippen LogP contribution in [0.5, 0.6) is 0 Å². The molecule has 2 atom stereocenters. The molecule has 1 aliphatic heterocycles. The molecule has 4 rings (SSSR count). The molecule has 150 valence electrons. The lowest BCUT2D eigenvalue weighted by Gasteiger charge is -2.33. The highest BCUT2D eigenvalue weighted by Gasteiger charge is 2.37. The van der Waals surface area contributed by atoms with E-state index in [1.54, 1.807) is 0 Å². The standard InChI is InChI=1S/C22H25N5OS/c1-14(2)13-23-21(28)19-18(16-11-9-15(3)10-12-16)26-27-20(24-25-22(27)29-19)17-7-5-4-6-8-17/h4-12,14,18-19,26H,13H2,1-3H3,(H,23,28)/t18-,19-/m0/s1. The number of fused-ring (bicyclic) bond motifs is 1.